The highest BCUT2D eigenvalue weighted by Crippen LogP contribution is 2.44. The number of thiocarbonyl (C=S) groups is 1. The van der Waals surface area contributed by atoms with E-state index in [0.29, 0.717) is 15.8 Å². The molecule has 1 amide bonds. The van der Waals surface area contributed by atoms with Crippen LogP contribution in [0.25, 0.3) is 0 Å². The van der Waals surface area contributed by atoms with Crippen molar-refractivity contribution in [1.29, 1.82) is 0 Å². The van der Waals surface area contributed by atoms with Crippen LogP contribution in [0, 0.1) is 13.8 Å². The van der Waals surface area contributed by atoms with E-state index < -0.39 is 0 Å². The molecule has 0 saturated carbocycles. The number of hydrogen-bond acceptors (Lipinski definition) is 4. The van der Waals surface area contributed by atoms with Gasteiger partial charge in [-0.15, -0.1) is 0 Å². The average molecular weight is 484 g/mol. The fourth-order valence-corrected chi connectivity index (χ4v) is 4.77. The third-order valence-corrected chi connectivity index (χ3v) is 6.64. The van der Waals surface area contributed by atoms with E-state index in [4.69, 9.17) is 28.6 Å². The Balaban J connectivity index is 1.77. The van der Waals surface area contributed by atoms with Crippen LogP contribution in [0.3, 0.4) is 0 Å². The Morgan fingerprint density at radius 2 is 2.06 bits per heavy atom. The first kappa shape index (κ1) is 23.2. The average Bonchev–Trinajstić information content (AvgIpc) is 3.27. The number of rotatable bonds is 6. The highest BCUT2D eigenvalue weighted by molar-refractivity contribution is 7.80. The number of amides is 1. The number of anilines is 2. The molecule has 2 N–H and O–H groups in total. The summed E-state index contributed by atoms with van der Waals surface area (Å²) in [6, 6.07) is 13.3. The van der Waals surface area contributed by atoms with E-state index in [0.717, 1.165) is 28.3 Å². The van der Waals surface area contributed by atoms with Crippen molar-refractivity contribution in [3.05, 3.63) is 76.3 Å². The first-order valence-corrected chi connectivity index (χ1v) is 11.3. The molecule has 33 heavy (non-hydrogen) atoms. The van der Waals surface area contributed by atoms with Gasteiger partial charge in [-0.05, 0) is 68.0 Å². The first-order valence-electron chi connectivity index (χ1n) is 10.5. The number of pyridine rings is 1. The lowest BCUT2D eigenvalue weighted by molar-refractivity contribution is -0.119. The normalized spacial score (nSPS) is 17.8. The number of nitrogens with zero attached hydrogens (tertiary/aromatic N) is 3. The van der Waals surface area contributed by atoms with Gasteiger partial charge < -0.3 is 24.8 Å². The third kappa shape index (κ3) is 4.46. The quantitative estimate of drug-likeness (QED) is 0.505. The van der Waals surface area contributed by atoms with Crippen molar-refractivity contribution in [1.82, 2.24) is 14.9 Å². The number of aromatic nitrogens is 2. The van der Waals surface area contributed by atoms with E-state index in [1.54, 1.807) is 12.3 Å². The predicted molar refractivity (Wildman–Crippen MR) is 135 cm³/mol. The van der Waals surface area contributed by atoms with Gasteiger partial charge in [0.15, 0.2) is 5.11 Å². The molecule has 0 aliphatic carbocycles. The maximum absolute atomic E-state index is 11.9. The first-order chi connectivity index (χ1) is 15.8. The number of aryl methyl sites for hydroxylation is 1. The van der Waals surface area contributed by atoms with Crippen LogP contribution in [0.1, 0.15) is 34.7 Å². The van der Waals surface area contributed by atoms with Crippen molar-refractivity contribution in [3.63, 3.8) is 0 Å². The van der Waals surface area contributed by atoms with Crippen LogP contribution < -0.4 is 15.5 Å². The van der Waals surface area contributed by atoms with Crippen LogP contribution in [-0.2, 0) is 16.6 Å². The summed E-state index contributed by atoms with van der Waals surface area (Å²) in [5, 5.41) is 7.23. The molecule has 3 aromatic rings. The summed E-state index contributed by atoms with van der Waals surface area (Å²) in [5.74, 6) is -0.269. The molecule has 2 atom stereocenters. The van der Waals surface area contributed by atoms with E-state index in [1.165, 1.54) is 7.11 Å². The van der Waals surface area contributed by atoms with Crippen LogP contribution in [0.2, 0.25) is 5.02 Å². The number of carbonyl (C=O) groups excluding carboxylic acids is 1. The lowest BCUT2D eigenvalue weighted by atomic mass is 9.96. The van der Waals surface area contributed by atoms with Gasteiger partial charge in [-0.1, -0.05) is 17.7 Å². The van der Waals surface area contributed by atoms with E-state index in [2.05, 4.69) is 52.0 Å². The molecule has 0 bridgehead atoms. The van der Waals surface area contributed by atoms with Crippen molar-refractivity contribution >= 4 is 46.2 Å². The monoisotopic (exact) mass is 483 g/mol. The van der Waals surface area contributed by atoms with Crippen LogP contribution in [0.15, 0.2) is 48.7 Å². The zero-order valence-corrected chi connectivity index (χ0v) is 20.5. The Bertz CT molecular complexity index is 1200. The number of halogens is 1. The third-order valence-electron chi connectivity index (χ3n) is 6.01. The van der Waals surface area contributed by atoms with Crippen molar-refractivity contribution in [2.75, 3.05) is 23.9 Å². The van der Waals surface area contributed by atoms with Crippen LogP contribution >= 0.6 is 23.8 Å². The fourth-order valence-electron chi connectivity index (χ4n) is 4.21. The second-order valence-corrected chi connectivity index (χ2v) is 8.82. The molecule has 0 radical (unpaired) electrons. The molecular weight excluding hydrogens is 458 g/mol. The zero-order chi connectivity index (χ0) is 23.7. The summed E-state index contributed by atoms with van der Waals surface area (Å²) >= 11 is 12.3. The predicted octanol–water partition coefficient (Wildman–Crippen LogP) is 4.45. The van der Waals surface area contributed by atoms with Crippen LogP contribution in [0.5, 0.6) is 0 Å². The van der Waals surface area contributed by atoms with Crippen molar-refractivity contribution in [3.8, 4) is 0 Å². The second kappa shape index (κ2) is 9.51. The number of hydrogen-bond donors (Lipinski definition) is 2. The molecule has 2 aromatic heterocycles. The van der Waals surface area contributed by atoms with Crippen molar-refractivity contribution in [2.45, 2.75) is 25.9 Å². The topological polar surface area (TPSA) is 71.4 Å². The molecule has 9 heteroatoms. The summed E-state index contributed by atoms with van der Waals surface area (Å²) < 4.78 is 7.05. The molecule has 0 spiro atoms. The van der Waals surface area contributed by atoms with Gasteiger partial charge >= 0.3 is 0 Å². The summed E-state index contributed by atoms with van der Waals surface area (Å²) in [4.78, 5) is 18.6. The Morgan fingerprint density at radius 3 is 2.67 bits per heavy atom. The molecule has 1 aliphatic rings. The molecular formula is C24H26ClN5O2S. The minimum absolute atomic E-state index is 0.0430. The van der Waals surface area contributed by atoms with E-state index in [9.17, 15) is 4.79 Å². The SMILES string of the molecule is COCC(=O)Nc1ccc(N2C(=S)NC(c3ccccn3)C2c2cc(C)n(C)c2C)cc1Cl. The van der Waals surface area contributed by atoms with Gasteiger partial charge in [0.2, 0.25) is 5.91 Å². The molecule has 3 heterocycles. The lowest BCUT2D eigenvalue weighted by Gasteiger charge is -2.28. The Hall–Kier alpha value is -2.94. The van der Waals surface area contributed by atoms with E-state index >= 15 is 0 Å². The molecule has 1 fully saturated rings. The van der Waals surface area contributed by atoms with Crippen molar-refractivity contribution in [2.24, 2.45) is 7.05 Å². The van der Waals surface area contributed by atoms with Crippen LogP contribution in [0.4, 0.5) is 11.4 Å². The summed E-state index contributed by atoms with van der Waals surface area (Å²) in [7, 11) is 3.53. The Kier molecular flexibility index (Phi) is 6.69. The highest BCUT2D eigenvalue weighted by Gasteiger charge is 2.42. The number of nitrogens with one attached hydrogen (secondary N) is 2. The molecule has 7 nitrogen and oxygen atoms in total. The standard InChI is InChI=1S/C24H26ClN5O2S/c1-14-11-17(15(2)29(14)3)23-22(20-7-5-6-10-26-20)28-24(33)30(23)16-8-9-19(18(25)12-16)27-21(31)13-32-4/h5-12,22-23H,13H2,1-4H3,(H,27,31)(H,28,33). The number of benzene rings is 1. The van der Waals surface area contributed by atoms with Gasteiger partial charge in [0, 0.05) is 37.4 Å². The molecule has 1 aliphatic heterocycles. The zero-order valence-electron chi connectivity index (χ0n) is 18.9. The van der Waals surface area contributed by atoms with Crippen molar-refractivity contribution < 1.29 is 9.53 Å². The summed E-state index contributed by atoms with van der Waals surface area (Å²) in [5.41, 5.74) is 5.73. The van der Waals surface area contributed by atoms with Gasteiger partial charge in [-0.25, -0.2) is 0 Å². The minimum atomic E-state index is -0.269. The van der Waals surface area contributed by atoms with Gasteiger partial charge in [0.25, 0.3) is 0 Å². The molecule has 1 saturated heterocycles. The maximum Gasteiger partial charge on any atom is 0.250 e. The highest BCUT2D eigenvalue weighted by atomic mass is 35.5. The number of ether oxygens (including phenoxy) is 1. The molecule has 172 valence electrons. The summed E-state index contributed by atoms with van der Waals surface area (Å²) in [6.07, 6.45) is 1.79. The maximum atomic E-state index is 11.9. The number of methoxy groups -OCH3 is 1. The smallest absolute Gasteiger partial charge is 0.250 e. The molecule has 4 rings (SSSR count). The van der Waals surface area contributed by atoms with E-state index in [-0.39, 0.29) is 24.6 Å². The minimum Gasteiger partial charge on any atom is -0.375 e. The summed E-state index contributed by atoms with van der Waals surface area (Å²) in [6.45, 7) is 4.16. The number of carbonyl (C=O) groups is 1. The Morgan fingerprint density at radius 1 is 1.27 bits per heavy atom. The van der Waals surface area contributed by atoms with Gasteiger partial charge in [0.1, 0.15) is 6.61 Å². The van der Waals surface area contributed by atoms with E-state index in [1.807, 2.05) is 30.3 Å². The molecule has 1 aromatic carbocycles. The molecule has 2 unspecified atom stereocenters. The lowest BCUT2D eigenvalue weighted by Crippen LogP contribution is -2.29. The van der Waals surface area contributed by atoms with Gasteiger partial charge in [-0.3, -0.25) is 9.78 Å². The Labute approximate surface area is 203 Å². The van der Waals surface area contributed by atoms with Gasteiger partial charge in [-0.2, -0.15) is 0 Å². The fraction of sp³-hybridized carbons (Fsp3) is 0.292. The van der Waals surface area contributed by atoms with Gasteiger partial charge in [0.05, 0.1) is 28.5 Å². The largest absolute Gasteiger partial charge is 0.375 e. The second-order valence-electron chi connectivity index (χ2n) is 8.03. The van der Waals surface area contributed by atoms with Crippen LogP contribution in [-0.4, -0.2) is 34.3 Å².